The van der Waals surface area contributed by atoms with Gasteiger partial charge in [0.15, 0.2) is 5.82 Å². The van der Waals surface area contributed by atoms with Gasteiger partial charge in [0, 0.05) is 27.4 Å². The lowest BCUT2D eigenvalue weighted by molar-refractivity contribution is -0.119. The van der Waals surface area contributed by atoms with Crippen LogP contribution in [0.5, 0.6) is 0 Å². The van der Waals surface area contributed by atoms with Crippen molar-refractivity contribution in [2.75, 3.05) is 5.32 Å². The SMILES string of the molecule is Cc1nn(C(C)C(=O)Nc2cc(C)n(Cc3c(Cl)cccc3Cl)n2)c(C)c1Cl. The molecule has 0 aliphatic heterocycles. The number of benzene rings is 1. The van der Waals surface area contributed by atoms with E-state index >= 15 is 0 Å². The minimum Gasteiger partial charge on any atom is -0.307 e. The smallest absolute Gasteiger partial charge is 0.250 e. The van der Waals surface area contributed by atoms with Crippen LogP contribution in [0.2, 0.25) is 15.1 Å². The van der Waals surface area contributed by atoms with Crippen LogP contribution in [-0.2, 0) is 11.3 Å². The van der Waals surface area contributed by atoms with Crippen molar-refractivity contribution in [3.05, 3.63) is 62.0 Å². The molecule has 1 amide bonds. The van der Waals surface area contributed by atoms with E-state index in [0.717, 1.165) is 17.0 Å². The summed E-state index contributed by atoms with van der Waals surface area (Å²) in [6, 6.07) is 6.62. The first-order chi connectivity index (χ1) is 13.2. The molecule has 0 aliphatic carbocycles. The van der Waals surface area contributed by atoms with E-state index in [-0.39, 0.29) is 5.91 Å². The van der Waals surface area contributed by atoms with Gasteiger partial charge in [0.05, 0.1) is 23.0 Å². The highest BCUT2D eigenvalue weighted by Gasteiger charge is 2.21. The molecule has 148 valence electrons. The van der Waals surface area contributed by atoms with Crippen molar-refractivity contribution < 1.29 is 4.79 Å². The Labute approximate surface area is 178 Å². The van der Waals surface area contributed by atoms with E-state index in [0.29, 0.717) is 33.1 Å². The van der Waals surface area contributed by atoms with Gasteiger partial charge in [-0.1, -0.05) is 40.9 Å². The average Bonchev–Trinajstić information content (AvgIpc) is 3.11. The number of aryl methyl sites for hydroxylation is 2. The van der Waals surface area contributed by atoms with Crippen molar-refractivity contribution in [2.45, 2.75) is 40.3 Å². The van der Waals surface area contributed by atoms with Crippen LogP contribution < -0.4 is 5.32 Å². The van der Waals surface area contributed by atoms with Crippen molar-refractivity contribution >= 4 is 46.5 Å². The number of anilines is 1. The predicted octanol–water partition coefficient (Wildman–Crippen LogP) is 5.21. The van der Waals surface area contributed by atoms with E-state index < -0.39 is 6.04 Å². The highest BCUT2D eigenvalue weighted by atomic mass is 35.5. The van der Waals surface area contributed by atoms with Gasteiger partial charge in [-0.15, -0.1) is 0 Å². The maximum absolute atomic E-state index is 12.7. The minimum atomic E-state index is -0.533. The lowest BCUT2D eigenvalue weighted by Gasteiger charge is -2.13. The number of amides is 1. The fourth-order valence-corrected chi connectivity index (χ4v) is 3.57. The number of halogens is 3. The Balaban J connectivity index is 1.77. The molecule has 0 saturated carbocycles. The molecule has 0 spiro atoms. The Morgan fingerprint density at radius 3 is 2.36 bits per heavy atom. The maximum atomic E-state index is 12.7. The van der Waals surface area contributed by atoms with Gasteiger partial charge in [-0.2, -0.15) is 10.2 Å². The van der Waals surface area contributed by atoms with Crippen LogP contribution in [0.4, 0.5) is 5.82 Å². The number of nitrogens with zero attached hydrogens (tertiary/aromatic N) is 4. The number of rotatable bonds is 5. The van der Waals surface area contributed by atoms with Crippen LogP contribution in [-0.4, -0.2) is 25.5 Å². The number of aromatic nitrogens is 4. The van der Waals surface area contributed by atoms with Crippen LogP contribution >= 0.6 is 34.8 Å². The van der Waals surface area contributed by atoms with Crippen molar-refractivity contribution in [2.24, 2.45) is 0 Å². The van der Waals surface area contributed by atoms with Crippen molar-refractivity contribution in [1.29, 1.82) is 0 Å². The molecule has 3 aromatic rings. The fourth-order valence-electron chi connectivity index (χ4n) is 2.93. The standard InChI is InChI=1S/C19H20Cl3N5O/c1-10-8-17(25-26(10)9-14-15(20)6-5-7-16(14)21)23-19(28)13(4)27-12(3)18(22)11(2)24-27/h5-8,13H,9H2,1-4H3,(H,23,25,28). The third-order valence-corrected chi connectivity index (χ3v) is 5.84. The fraction of sp³-hybridized carbons (Fsp3) is 0.316. The number of carbonyl (C=O) groups excluding carboxylic acids is 1. The van der Waals surface area contributed by atoms with Gasteiger partial charge in [-0.05, 0) is 39.8 Å². The Morgan fingerprint density at radius 2 is 1.79 bits per heavy atom. The van der Waals surface area contributed by atoms with Crippen molar-refractivity contribution in [3.63, 3.8) is 0 Å². The third kappa shape index (κ3) is 4.04. The summed E-state index contributed by atoms with van der Waals surface area (Å²) in [6.07, 6.45) is 0. The molecule has 0 aliphatic rings. The molecule has 3 rings (SSSR count). The van der Waals surface area contributed by atoms with Crippen LogP contribution in [0.3, 0.4) is 0 Å². The molecule has 1 unspecified atom stereocenters. The van der Waals surface area contributed by atoms with E-state index in [2.05, 4.69) is 15.5 Å². The summed E-state index contributed by atoms with van der Waals surface area (Å²) in [5, 5.41) is 13.3. The van der Waals surface area contributed by atoms with Crippen molar-refractivity contribution in [1.82, 2.24) is 19.6 Å². The van der Waals surface area contributed by atoms with E-state index in [9.17, 15) is 4.79 Å². The molecular formula is C19H20Cl3N5O. The Bertz CT molecular complexity index is 1020. The quantitative estimate of drug-likeness (QED) is 0.592. The third-order valence-electron chi connectivity index (χ3n) is 4.59. The van der Waals surface area contributed by atoms with Gasteiger partial charge in [0.25, 0.3) is 0 Å². The summed E-state index contributed by atoms with van der Waals surface area (Å²) in [4.78, 5) is 12.7. The maximum Gasteiger partial charge on any atom is 0.250 e. The second-order valence-corrected chi connectivity index (χ2v) is 7.82. The second kappa shape index (κ2) is 8.15. The van der Waals surface area contributed by atoms with Gasteiger partial charge in [-0.25, -0.2) is 0 Å². The molecule has 0 radical (unpaired) electrons. The summed E-state index contributed by atoms with van der Waals surface area (Å²) in [5.41, 5.74) is 3.08. The molecule has 6 nitrogen and oxygen atoms in total. The lowest BCUT2D eigenvalue weighted by Crippen LogP contribution is -2.25. The first kappa shape index (κ1) is 20.7. The highest BCUT2D eigenvalue weighted by molar-refractivity contribution is 6.36. The van der Waals surface area contributed by atoms with Crippen molar-refractivity contribution in [3.8, 4) is 0 Å². The molecule has 0 fully saturated rings. The van der Waals surface area contributed by atoms with Gasteiger partial charge >= 0.3 is 0 Å². The molecule has 9 heteroatoms. The van der Waals surface area contributed by atoms with Crippen LogP contribution in [0.25, 0.3) is 0 Å². The number of nitrogens with one attached hydrogen (secondary N) is 1. The number of hydrogen-bond acceptors (Lipinski definition) is 3. The summed E-state index contributed by atoms with van der Waals surface area (Å²) < 4.78 is 3.36. The number of carbonyl (C=O) groups is 1. The van der Waals surface area contributed by atoms with Gasteiger partial charge < -0.3 is 5.32 Å². The predicted molar refractivity (Wildman–Crippen MR) is 113 cm³/mol. The molecule has 2 aromatic heterocycles. The zero-order valence-electron chi connectivity index (χ0n) is 15.9. The molecular weight excluding hydrogens is 421 g/mol. The largest absolute Gasteiger partial charge is 0.307 e. The minimum absolute atomic E-state index is 0.234. The second-order valence-electron chi connectivity index (χ2n) is 6.62. The first-order valence-electron chi connectivity index (χ1n) is 8.68. The highest BCUT2D eigenvalue weighted by Crippen LogP contribution is 2.26. The summed E-state index contributed by atoms with van der Waals surface area (Å²) in [7, 11) is 0. The summed E-state index contributed by atoms with van der Waals surface area (Å²) in [5.74, 6) is 0.216. The Kier molecular flexibility index (Phi) is 6.03. The van der Waals surface area contributed by atoms with Gasteiger partial charge in [0.1, 0.15) is 6.04 Å². The van der Waals surface area contributed by atoms with E-state index in [1.807, 2.05) is 13.8 Å². The van der Waals surface area contributed by atoms with Crippen LogP contribution in [0.15, 0.2) is 24.3 Å². The van der Waals surface area contributed by atoms with E-state index in [4.69, 9.17) is 34.8 Å². The zero-order chi connectivity index (χ0) is 20.6. The zero-order valence-corrected chi connectivity index (χ0v) is 18.2. The summed E-state index contributed by atoms with van der Waals surface area (Å²) in [6.45, 7) is 7.71. The Hall–Kier alpha value is -2.02. The van der Waals surface area contributed by atoms with Crippen LogP contribution in [0, 0.1) is 20.8 Å². The monoisotopic (exact) mass is 439 g/mol. The van der Waals surface area contributed by atoms with E-state index in [1.54, 1.807) is 47.5 Å². The molecule has 1 aromatic carbocycles. The summed E-state index contributed by atoms with van der Waals surface area (Å²) >= 11 is 18.7. The van der Waals surface area contributed by atoms with Crippen LogP contribution in [0.1, 0.15) is 35.6 Å². The normalized spacial score (nSPS) is 12.2. The topological polar surface area (TPSA) is 64.7 Å². The Morgan fingerprint density at radius 1 is 1.14 bits per heavy atom. The van der Waals surface area contributed by atoms with E-state index in [1.165, 1.54) is 0 Å². The first-order valence-corrected chi connectivity index (χ1v) is 9.81. The van der Waals surface area contributed by atoms with Gasteiger partial charge in [0.2, 0.25) is 5.91 Å². The molecule has 2 heterocycles. The molecule has 1 atom stereocenters. The molecule has 28 heavy (non-hydrogen) atoms. The molecule has 1 N–H and O–H groups in total. The lowest BCUT2D eigenvalue weighted by atomic mass is 10.2. The van der Waals surface area contributed by atoms with Gasteiger partial charge in [-0.3, -0.25) is 14.2 Å². The number of hydrogen-bond donors (Lipinski definition) is 1. The molecule has 0 saturated heterocycles. The molecule has 0 bridgehead atoms. The average molecular weight is 441 g/mol.